The first-order valence-corrected chi connectivity index (χ1v) is 14.9. The molecule has 2 aliphatic carbocycles. The van der Waals surface area contributed by atoms with Crippen LogP contribution in [0.3, 0.4) is 0 Å². The van der Waals surface area contributed by atoms with Gasteiger partial charge in [0.15, 0.2) is 10.9 Å². The number of rotatable bonds is 8. The van der Waals surface area contributed by atoms with Crippen molar-refractivity contribution in [2.45, 2.75) is 38.2 Å². The third-order valence-electron chi connectivity index (χ3n) is 8.42. The van der Waals surface area contributed by atoms with E-state index in [1.165, 1.54) is 17.4 Å². The molecule has 3 atom stereocenters. The second-order valence-corrected chi connectivity index (χ2v) is 12.7. The highest BCUT2D eigenvalue weighted by atomic mass is 35.5. The fourth-order valence-electron chi connectivity index (χ4n) is 6.30. The van der Waals surface area contributed by atoms with Gasteiger partial charge in [0.2, 0.25) is 0 Å². The predicted octanol–water partition coefficient (Wildman–Crippen LogP) is 7.77. The minimum atomic E-state index is -0.445. The zero-order valence-electron chi connectivity index (χ0n) is 21.0. The van der Waals surface area contributed by atoms with Crippen molar-refractivity contribution >= 4 is 56.2 Å². The number of nitrogens with zero attached hydrogens (tertiary/aromatic N) is 3. The first kappa shape index (κ1) is 25.4. The van der Waals surface area contributed by atoms with E-state index >= 15 is 0 Å². The summed E-state index contributed by atoms with van der Waals surface area (Å²) in [4.78, 5) is 18.0. The SMILES string of the molecule is O=Cc1cc(F)c2nc(N3CC4CCC(COCc5c(-c6c(Cl)cccc6Cl)noc5C5CC5)C4C3)sc2c1. The third-order valence-corrected chi connectivity index (χ3v) is 10.1. The van der Waals surface area contributed by atoms with Gasteiger partial charge in [-0.05, 0) is 67.7 Å². The van der Waals surface area contributed by atoms with E-state index < -0.39 is 5.82 Å². The summed E-state index contributed by atoms with van der Waals surface area (Å²) < 4.78 is 27.3. The van der Waals surface area contributed by atoms with Crippen molar-refractivity contribution in [3.63, 3.8) is 0 Å². The van der Waals surface area contributed by atoms with Crippen LogP contribution in [-0.4, -0.2) is 36.1 Å². The monoisotopic (exact) mass is 585 g/mol. The van der Waals surface area contributed by atoms with Gasteiger partial charge >= 0.3 is 0 Å². The second-order valence-electron chi connectivity index (χ2n) is 10.9. The fraction of sp³-hybridized carbons (Fsp3) is 0.414. The van der Waals surface area contributed by atoms with Gasteiger partial charge in [-0.15, -0.1) is 0 Å². The smallest absolute Gasteiger partial charge is 0.186 e. The molecule has 6 nitrogen and oxygen atoms in total. The van der Waals surface area contributed by atoms with Crippen LogP contribution in [0.4, 0.5) is 9.52 Å². The first-order chi connectivity index (χ1) is 19.0. The van der Waals surface area contributed by atoms with Crippen molar-refractivity contribution in [3.05, 3.63) is 63.1 Å². The van der Waals surface area contributed by atoms with Gasteiger partial charge in [-0.2, -0.15) is 0 Å². The lowest BCUT2D eigenvalue weighted by Crippen LogP contribution is -2.24. The third kappa shape index (κ3) is 4.65. The molecule has 0 N–H and O–H groups in total. The number of aldehydes is 1. The van der Waals surface area contributed by atoms with Crippen molar-refractivity contribution in [1.82, 2.24) is 10.1 Å². The fourth-order valence-corrected chi connectivity index (χ4v) is 7.93. The Labute approximate surface area is 239 Å². The number of fused-ring (bicyclic) bond motifs is 2. The van der Waals surface area contributed by atoms with E-state index in [0.717, 1.165) is 55.2 Å². The van der Waals surface area contributed by atoms with Gasteiger partial charge in [0.05, 0.1) is 28.0 Å². The van der Waals surface area contributed by atoms with Gasteiger partial charge in [-0.25, -0.2) is 9.37 Å². The molecule has 2 aromatic carbocycles. The van der Waals surface area contributed by atoms with E-state index in [2.05, 4.69) is 15.0 Å². The molecule has 1 saturated heterocycles. The summed E-state index contributed by atoms with van der Waals surface area (Å²) in [6, 6.07) is 8.40. The number of carbonyl (C=O) groups is 1. The number of ether oxygens (including phenoxy) is 1. The van der Waals surface area contributed by atoms with Gasteiger partial charge in [0.25, 0.3) is 0 Å². The van der Waals surface area contributed by atoms with Crippen molar-refractivity contribution in [2.24, 2.45) is 17.8 Å². The predicted molar refractivity (Wildman–Crippen MR) is 150 cm³/mol. The van der Waals surface area contributed by atoms with Gasteiger partial charge in [0.1, 0.15) is 23.3 Å². The molecule has 3 unspecified atom stereocenters. The number of aromatic nitrogens is 2. The Morgan fingerprint density at radius 1 is 1.15 bits per heavy atom. The van der Waals surface area contributed by atoms with Crippen LogP contribution in [0.1, 0.15) is 53.3 Å². The van der Waals surface area contributed by atoms with Crippen molar-refractivity contribution in [1.29, 1.82) is 0 Å². The van der Waals surface area contributed by atoms with Crippen LogP contribution in [-0.2, 0) is 11.3 Å². The Bertz CT molecular complexity index is 1550. The molecular formula is C29H26Cl2FN3O3S. The van der Waals surface area contributed by atoms with Crippen molar-refractivity contribution < 1.29 is 18.4 Å². The van der Waals surface area contributed by atoms with E-state index in [1.807, 2.05) is 18.2 Å². The minimum Gasteiger partial charge on any atom is -0.376 e. The number of carbonyl (C=O) groups excluding carboxylic acids is 1. The van der Waals surface area contributed by atoms with Gasteiger partial charge < -0.3 is 14.2 Å². The first-order valence-electron chi connectivity index (χ1n) is 13.3. The zero-order chi connectivity index (χ0) is 26.7. The number of benzene rings is 2. The highest BCUT2D eigenvalue weighted by Gasteiger charge is 2.43. The molecule has 7 rings (SSSR count). The lowest BCUT2D eigenvalue weighted by atomic mass is 9.93. The number of hydrogen-bond acceptors (Lipinski definition) is 7. The standard InChI is InChI=1S/C29H26Cl2FN3O3S/c30-21-2-1-3-22(31)25(21)26-20(28(38-34-26)16-4-5-16)14-37-13-18-7-6-17-10-35(11-19(17)18)29-33-27-23(32)8-15(12-36)9-24(27)39-29/h1-3,8-9,12,16-19H,4-7,10-11,13-14H2. The van der Waals surface area contributed by atoms with Gasteiger partial charge in [-0.1, -0.05) is 45.8 Å². The minimum absolute atomic E-state index is 0.336. The lowest BCUT2D eigenvalue weighted by Gasteiger charge is -2.20. The molecule has 39 heavy (non-hydrogen) atoms. The normalized spacial score (nSPS) is 22.6. The summed E-state index contributed by atoms with van der Waals surface area (Å²) in [6.07, 6.45) is 5.12. The maximum atomic E-state index is 14.5. The topological polar surface area (TPSA) is 68.5 Å². The largest absolute Gasteiger partial charge is 0.376 e. The molecule has 1 aliphatic heterocycles. The Hall–Kier alpha value is -2.52. The summed E-state index contributed by atoms with van der Waals surface area (Å²) in [7, 11) is 0. The quantitative estimate of drug-likeness (QED) is 0.197. The maximum Gasteiger partial charge on any atom is 0.186 e. The molecule has 0 spiro atoms. The molecule has 4 aromatic rings. The Morgan fingerprint density at radius 3 is 2.74 bits per heavy atom. The number of thiazole rings is 1. The summed E-state index contributed by atoms with van der Waals surface area (Å²) in [5, 5.41) is 6.27. The zero-order valence-corrected chi connectivity index (χ0v) is 23.4. The number of hydrogen-bond donors (Lipinski definition) is 0. The Morgan fingerprint density at radius 2 is 1.97 bits per heavy atom. The summed E-state index contributed by atoms with van der Waals surface area (Å²) in [5.74, 6) is 2.32. The van der Waals surface area contributed by atoms with E-state index in [0.29, 0.717) is 80.3 Å². The van der Waals surface area contributed by atoms with Crippen molar-refractivity contribution in [2.75, 3.05) is 24.6 Å². The molecule has 3 aliphatic rings. The average Bonchev–Trinajstić information content (AvgIpc) is 3.23. The summed E-state index contributed by atoms with van der Waals surface area (Å²) >= 11 is 14.5. The molecule has 202 valence electrons. The van der Waals surface area contributed by atoms with Crippen LogP contribution >= 0.6 is 34.5 Å². The maximum absolute atomic E-state index is 14.5. The van der Waals surface area contributed by atoms with Gasteiger partial charge in [0, 0.05) is 35.7 Å². The summed E-state index contributed by atoms with van der Waals surface area (Å²) in [6.45, 7) is 2.84. The molecular weight excluding hydrogens is 560 g/mol. The van der Waals surface area contributed by atoms with Crippen LogP contribution < -0.4 is 4.90 Å². The van der Waals surface area contributed by atoms with Crippen LogP contribution in [0.5, 0.6) is 0 Å². The summed E-state index contributed by atoms with van der Waals surface area (Å²) in [5.41, 5.74) is 2.98. The molecule has 3 heterocycles. The molecule has 10 heteroatoms. The molecule has 2 aromatic heterocycles. The lowest BCUT2D eigenvalue weighted by molar-refractivity contribution is 0.0738. The van der Waals surface area contributed by atoms with E-state index in [9.17, 15) is 9.18 Å². The van der Waals surface area contributed by atoms with Crippen LogP contribution in [0.25, 0.3) is 21.5 Å². The van der Waals surface area contributed by atoms with E-state index in [1.54, 1.807) is 6.07 Å². The molecule has 3 fully saturated rings. The number of halogens is 3. The molecule has 0 radical (unpaired) electrons. The van der Waals surface area contributed by atoms with Gasteiger partial charge in [-0.3, -0.25) is 4.79 Å². The van der Waals surface area contributed by atoms with Crippen LogP contribution in [0, 0.1) is 23.6 Å². The molecule has 2 saturated carbocycles. The molecule has 0 amide bonds. The molecule has 0 bridgehead atoms. The average molecular weight is 587 g/mol. The number of anilines is 1. The van der Waals surface area contributed by atoms with Crippen LogP contribution in [0.15, 0.2) is 34.9 Å². The highest BCUT2D eigenvalue weighted by Crippen LogP contribution is 2.47. The highest BCUT2D eigenvalue weighted by molar-refractivity contribution is 7.22. The Kier molecular flexibility index (Phi) is 6.62. The van der Waals surface area contributed by atoms with E-state index in [-0.39, 0.29) is 0 Å². The Balaban J connectivity index is 1.05. The second kappa shape index (κ2) is 10.1. The van der Waals surface area contributed by atoms with Crippen LogP contribution in [0.2, 0.25) is 10.0 Å². The van der Waals surface area contributed by atoms with Crippen molar-refractivity contribution in [3.8, 4) is 11.3 Å². The van der Waals surface area contributed by atoms with E-state index in [4.69, 9.17) is 32.5 Å².